The average Bonchev–Trinajstić information content (AvgIpc) is 2.49. The van der Waals surface area contributed by atoms with Gasteiger partial charge in [0, 0.05) is 18.8 Å². The molecule has 1 heterocycles. The van der Waals surface area contributed by atoms with Gasteiger partial charge in [-0.2, -0.15) is 0 Å². The van der Waals surface area contributed by atoms with Crippen molar-refractivity contribution in [3.63, 3.8) is 0 Å². The summed E-state index contributed by atoms with van der Waals surface area (Å²) in [4.78, 5) is 17.1. The highest BCUT2D eigenvalue weighted by molar-refractivity contribution is 14.1. The topological polar surface area (TPSA) is 42.0 Å². The van der Waals surface area contributed by atoms with E-state index in [1.165, 1.54) is 6.92 Å². The second-order valence-corrected chi connectivity index (χ2v) is 3.89. The number of benzene rings is 1. The van der Waals surface area contributed by atoms with Gasteiger partial charge >= 0.3 is 0 Å². The van der Waals surface area contributed by atoms with Gasteiger partial charge in [-0.3, -0.25) is 9.78 Å². The molecule has 0 aliphatic heterocycles. The van der Waals surface area contributed by atoms with E-state index in [2.05, 4.69) is 32.9 Å². The molecule has 0 saturated carbocycles. The fraction of sp³-hybridized carbons (Fsp3) is 0.125. The molecular formula is C16H17IN2O. The Labute approximate surface area is 133 Å². The maximum absolute atomic E-state index is 10.9. The molecule has 0 atom stereocenters. The van der Waals surface area contributed by atoms with Gasteiger partial charge in [0.15, 0.2) is 0 Å². The van der Waals surface area contributed by atoms with E-state index in [0.29, 0.717) is 0 Å². The molecule has 0 spiro atoms. The van der Waals surface area contributed by atoms with Crippen LogP contribution in [-0.4, -0.2) is 15.8 Å². The van der Waals surface area contributed by atoms with Gasteiger partial charge in [-0.1, -0.05) is 46.9 Å². The number of hydrogen-bond acceptors (Lipinski definition) is 2. The largest absolute Gasteiger partial charge is 0.326 e. The van der Waals surface area contributed by atoms with Crippen LogP contribution in [0.1, 0.15) is 18.2 Å². The van der Waals surface area contributed by atoms with E-state index in [1.54, 1.807) is 6.20 Å². The van der Waals surface area contributed by atoms with E-state index < -0.39 is 0 Å². The molecule has 2 rings (SSSR count). The third-order valence-corrected chi connectivity index (χ3v) is 2.37. The number of pyridine rings is 1. The van der Waals surface area contributed by atoms with Crippen molar-refractivity contribution in [1.29, 1.82) is 0 Å². The first-order chi connectivity index (χ1) is 9.74. The van der Waals surface area contributed by atoms with Crippen LogP contribution in [-0.2, 0) is 4.79 Å². The molecule has 0 saturated heterocycles. The zero-order chi connectivity index (χ0) is 14.8. The highest BCUT2D eigenvalue weighted by Gasteiger charge is 1.94. The van der Waals surface area contributed by atoms with Crippen molar-refractivity contribution in [3.8, 4) is 0 Å². The first kappa shape index (κ1) is 16.4. The Balaban J connectivity index is 0.000000956. The van der Waals surface area contributed by atoms with Crippen LogP contribution in [0, 0.1) is 0 Å². The number of carbonyl (C=O) groups excluding carboxylic acids is 1. The lowest BCUT2D eigenvalue weighted by molar-refractivity contribution is -0.114. The summed E-state index contributed by atoms with van der Waals surface area (Å²) in [5.74, 6) is -0.0632. The zero-order valence-corrected chi connectivity index (χ0v) is 13.7. The van der Waals surface area contributed by atoms with E-state index in [1.807, 2.05) is 59.5 Å². The number of nitrogens with one attached hydrogen (secondary N) is 1. The molecule has 4 heteroatoms. The molecule has 0 unspecified atom stereocenters. The van der Waals surface area contributed by atoms with Gasteiger partial charge in [0.05, 0.1) is 5.69 Å². The van der Waals surface area contributed by atoms with Crippen molar-refractivity contribution in [2.24, 2.45) is 0 Å². The van der Waals surface area contributed by atoms with Gasteiger partial charge in [-0.05, 0) is 40.8 Å². The summed E-state index contributed by atoms with van der Waals surface area (Å²) in [5.41, 5.74) is 2.79. The summed E-state index contributed by atoms with van der Waals surface area (Å²) in [6, 6.07) is 13.4. The van der Waals surface area contributed by atoms with Crippen LogP contribution in [0.15, 0.2) is 48.7 Å². The molecule has 0 fully saturated rings. The predicted molar refractivity (Wildman–Crippen MR) is 93.9 cm³/mol. The monoisotopic (exact) mass is 380 g/mol. The lowest BCUT2D eigenvalue weighted by atomic mass is 10.2. The quantitative estimate of drug-likeness (QED) is 0.639. The van der Waals surface area contributed by atoms with E-state index in [0.717, 1.165) is 16.9 Å². The Kier molecular flexibility index (Phi) is 7.57. The third kappa shape index (κ3) is 5.97. The third-order valence-electron chi connectivity index (χ3n) is 2.37. The van der Waals surface area contributed by atoms with Gasteiger partial charge in [0.25, 0.3) is 0 Å². The number of rotatable bonds is 3. The molecule has 0 radical (unpaired) electrons. The van der Waals surface area contributed by atoms with Crippen LogP contribution in [0.2, 0.25) is 0 Å². The maximum Gasteiger partial charge on any atom is 0.221 e. The Morgan fingerprint density at radius 3 is 2.35 bits per heavy atom. The molecule has 0 aliphatic carbocycles. The minimum absolute atomic E-state index is 0.0632. The van der Waals surface area contributed by atoms with Gasteiger partial charge in [-0.15, -0.1) is 0 Å². The highest BCUT2D eigenvalue weighted by Crippen LogP contribution is 2.11. The number of carbonyl (C=O) groups is 1. The molecule has 20 heavy (non-hydrogen) atoms. The SMILES string of the molecule is CC(=O)Nc1ccc(C=Cc2ccccn2)cc1.CI. The summed E-state index contributed by atoms with van der Waals surface area (Å²) < 4.78 is 0. The Bertz CT molecular complexity index is 550. The summed E-state index contributed by atoms with van der Waals surface area (Å²) >= 11 is 2.15. The number of halogens is 1. The molecule has 1 N–H and O–H groups in total. The lowest BCUT2D eigenvalue weighted by Crippen LogP contribution is -2.05. The Hall–Kier alpha value is -1.69. The minimum Gasteiger partial charge on any atom is -0.326 e. The molecule has 1 aromatic heterocycles. The van der Waals surface area contributed by atoms with Gasteiger partial charge in [-0.25, -0.2) is 0 Å². The van der Waals surface area contributed by atoms with Crippen molar-refractivity contribution < 1.29 is 4.79 Å². The minimum atomic E-state index is -0.0632. The van der Waals surface area contributed by atoms with Gasteiger partial charge in [0.1, 0.15) is 0 Å². The number of alkyl halides is 1. The fourth-order valence-corrected chi connectivity index (χ4v) is 1.54. The van der Waals surface area contributed by atoms with Crippen LogP contribution in [0.3, 0.4) is 0 Å². The first-order valence-corrected chi connectivity index (χ1v) is 8.24. The summed E-state index contributed by atoms with van der Waals surface area (Å²) in [6.45, 7) is 1.49. The molecule has 104 valence electrons. The first-order valence-electron chi connectivity index (χ1n) is 6.08. The van der Waals surface area contributed by atoms with Crippen molar-refractivity contribution >= 4 is 46.3 Å². The number of amides is 1. The Morgan fingerprint density at radius 2 is 1.80 bits per heavy atom. The summed E-state index contributed by atoms with van der Waals surface area (Å²) in [6.07, 6.45) is 5.70. The average molecular weight is 380 g/mol. The fourth-order valence-electron chi connectivity index (χ4n) is 1.54. The van der Waals surface area contributed by atoms with E-state index >= 15 is 0 Å². The van der Waals surface area contributed by atoms with Crippen molar-refractivity contribution in [1.82, 2.24) is 4.98 Å². The smallest absolute Gasteiger partial charge is 0.221 e. The number of anilines is 1. The maximum atomic E-state index is 10.9. The molecule has 2 aromatic rings. The number of hydrogen-bond donors (Lipinski definition) is 1. The van der Waals surface area contributed by atoms with Crippen LogP contribution in [0.4, 0.5) is 5.69 Å². The van der Waals surface area contributed by atoms with Crippen LogP contribution in [0.25, 0.3) is 12.2 Å². The molecular weight excluding hydrogens is 363 g/mol. The van der Waals surface area contributed by atoms with Crippen molar-refractivity contribution in [2.45, 2.75) is 6.92 Å². The van der Waals surface area contributed by atoms with Crippen molar-refractivity contribution in [3.05, 3.63) is 59.9 Å². The second kappa shape index (κ2) is 9.25. The highest BCUT2D eigenvalue weighted by atomic mass is 127. The predicted octanol–water partition coefficient (Wildman–Crippen LogP) is 4.26. The molecule has 1 aromatic carbocycles. The van der Waals surface area contributed by atoms with Crippen molar-refractivity contribution in [2.75, 3.05) is 10.2 Å². The van der Waals surface area contributed by atoms with E-state index in [-0.39, 0.29) is 5.91 Å². The zero-order valence-electron chi connectivity index (χ0n) is 11.5. The molecule has 3 nitrogen and oxygen atoms in total. The number of nitrogens with zero attached hydrogens (tertiary/aromatic N) is 1. The van der Waals surface area contributed by atoms with Crippen LogP contribution >= 0.6 is 22.6 Å². The lowest BCUT2D eigenvalue weighted by Gasteiger charge is -2.01. The van der Waals surface area contributed by atoms with Gasteiger partial charge < -0.3 is 5.32 Å². The van der Waals surface area contributed by atoms with Gasteiger partial charge in [0.2, 0.25) is 5.91 Å². The molecule has 1 amide bonds. The Morgan fingerprint density at radius 1 is 1.10 bits per heavy atom. The number of aromatic nitrogens is 1. The summed E-state index contributed by atoms with van der Waals surface area (Å²) in [5, 5.41) is 2.73. The van der Waals surface area contributed by atoms with Crippen LogP contribution < -0.4 is 5.32 Å². The standard InChI is InChI=1S/C15H14N2O.CH3I/c1-12(18)17-15-9-6-13(7-10-15)5-8-14-4-2-3-11-16-14;1-2/h2-11H,1H3,(H,17,18);1H3. The molecule has 0 bridgehead atoms. The van der Waals surface area contributed by atoms with Crippen LogP contribution in [0.5, 0.6) is 0 Å². The normalized spacial score (nSPS) is 9.75. The van der Waals surface area contributed by atoms with E-state index in [4.69, 9.17) is 0 Å². The second-order valence-electron chi connectivity index (χ2n) is 3.89. The molecule has 0 aliphatic rings. The summed E-state index contributed by atoms with van der Waals surface area (Å²) in [7, 11) is 0. The van der Waals surface area contributed by atoms with E-state index in [9.17, 15) is 4.79 Å².